The minimum Gasteiger partial charge on any atom is -0.396 e. The number of nitrogens with zero attached hydrogens (tertiary/aromatic N) is 3. The Bertz CT molecular complexity index is 660. The molecular formula is C14H15Cl2N3O. The van der Waals surface area contributed by atoms with Crippen LogP contribution in [0.15, 0.2) is 18.5 Å². The molecule has 1 aliphatic carbocycles. The van der Waals surface area contributed by atoms with Crippen LogP contribution in [0.3, 0.4) is 0 Å². The third-order valence-electron chi connectivity index (χ3n) is 4.57. The van der Waals surface area contributed by atoms with Crippen molar-refractivity contribution in [3.8, 4) is 0 Å². The van der Waals surface area contributed by atoms with Gasteiger partial charge in [0.05, 0.1) is 15.7 Å². The van der Waals surface area contributed by atoms with E-state index in [0.29, 0.717) is 34.4 Å². The molecule has 1 N–H and O–H groups in total. The van der Waals surface area contributed by atoms with E-state index in [2.05, 4.69) is 9.88 Å². The molecule has 3 heterocycles. The van der Waals surface area contributed by atoms with Gasteiger partial charge >= 0.3 is 0 Å². The molecule has 106 valence electrons. The molecule has 1 aliphatic heterocycles. The van der Waals surface area contributed by atoms with E-state index >= 15 is 0 Å². The first-order valence-electron chi connectivity index (χ1n) is 6.81. The van der Waals surface area contributed by atoms with Crippen LogP contribution >= 0.6 is 23.2 Å². The van der Waals surface area contributed by atoms with Crippen molar-refractivity contribution < 1.29 is 5.11 Å². The van der Waals surface area contributed by atoms with Crippen molar-refractivity contribution in [2.45, 2.75) is 6.54 Å². The molecule has 2 aliphatic rings. The summed E-state index contributed by atoms with van der Waals surface area (Å²) in [6.45, 7) is 3.31. The minimum atomic E-state index is 0.339. The van der Waals surface area contributed by atoms with Gasteiger partial charge in [-0.15, -0.1) is 0 Å². The Morgan fingerprint density at radius 1 is 1.25 bits per heavy atom. The van der Waals surface area contributed by atoms with E-state index in [1.54, 1.807) is 6.07 Å². The molecule has 2 aromatic rings. The number of aromatic nitrogens is 2. The molecule has 2 aromatic heterocycles. The molecule has 6 heteroatoms. The van der Waals surface area contributed by atoms with Crippen LogP contribution in [-0.4, -0.2) is 39.1 Å². The summed E-state index contributed by atoms with van der Waals surface area (Å²) < 4.78 is 1.88. The van der Waals surface area contributed by atoms with Gasteiger partial charge in [0.15, 0.2) is 5.65 Å². The van der Waals surface area contributed by atoms with Gasteiger partial charge < -0.3 is 9.51 Å². The highest BCUT2D eigenvalue weighted by molar-refractivity contribution is 6.36. The summed E-state index contributed by atoms with van der Waals surface area (Å²) in [5.74, 6) is 1.92. The first kappa shape index (κ1) is 12.9. The summed E-state index contributed by atoms with van der Waals surface area (Å²) in [5, 5.41) is 10.4. The van der Waals surface area contributed by atoms with Gasteiger partial charge in [0.1, 0.15) is 0 Å². The summed E-state index contributed by atoms with van der Waals surface area (Å²) in [4.78, 5) is 6.98. The number of rotatable bonds is 3. The Labute approximate surface area is 126 Å². The van der Waals surface area contributed by atoms with Gasteiger partial charge in [-0.3, -0.25) is 4.90 Å². The van der Waals surface area contributed by atoms with Gasteiger partial charge in [0.2, 0.25) is 0 Å². The van der Waals surface area contributed by atoms with Gasteiger partial charge in [-0.05, 0) is 23.8 Å². The highest BCUT2D eigenvalue weighted by atomic mass is 35.5. The number of hydrogen-bond acceptors (Lipinski definition) is 3. The van der Waals surface area contributed by atoms with Gasteiger partial charge in [-0.2, -0.15) is 0 Å². The molecule has 2 fully saturated rings. The summed E-state index contributed by atoms with van der Waals surface area (Å²) in [6.07, 6.45) is 3.81. The van der Waals surface area contributed by atoms with Crippen molar-refractivity contribution in [3.05, 3.63) is 34.2 Å². The molecule has 4 rings (SSSR count). The normalized spacial score (nSPS) is 29.1. The average molecular weight is 312 g/mol. The van der Waals surface area contributed by atoms with E-state index in [1.807, 2.05) is 16.8 Å². The number of fused-ring (bicyclic) bond motifs is 2. The van der Waals surface area contributed by atoms with Crippen LogP contribution in [0.2, 0.25) is 10.0 Å². The van der Waals surface area contributed by atoms with Crippen LogP contribution in [-0.2, 0) is 6.54 Å². The van der Waals surface area contributed by atoms with Crippen molar-refractivity contribution in [1.29, 1.82) is 0 Å². The maximum atomic E-state index is 9.18. The largest absolute Gasteiger partial charge is 0.396 e. The monoisotopic (exact) mass is 311 g/mol. The predicted molar refractivity (Wildman–Crippen MR) is 78.0 cm³/mol. The van der Waals surface area contributed by atoms with Crippen molar-refractivity contribution in [2.24, 2.45) is 17.8 Å². The molecule has 0 bridgehead atoms. The lowest BCUT2D eigenvalue weighted by Gasteiger charge is -2.17. The van der Waals surface area contributed by atoms with Gasteiger partial charge in [0, 0.05) is 38.6 Å². The van der Waals surface area contributed by atoms with Crippen LogP contribution in [0.1, 0.15) is 5.69 Å². The number of imidazole rings is 1. The third-order valence-corrected chi connectivity index (χ3v) is 5.05. The molecular weight excluding hydrogens is 297 g/mol. The van der Waals surface area contributed by atoms with Crippen molar-refractivity contribution in [2.75, 3.05) is 19.7 Å². The van der Waals surface area contributed by atoms with Gasteiger partial charge in [0.25, 0.3) is 0 Å². The van der Waals surface area contributed by atoms with Crippen molar-refractivity contribution >= 4 is 28.8 Å². The first-order chi connectivity index (χ1) is 9.65. The van der Waals surface area contributed by atoms with Crippen molar-refractivity contribution in [1.82, 2.24) is 14.3 Å². The molecule has 20 heavy (non-hydrogen) atoms. The lowest BCUT2D eigenvalue weighted by atomic mass is 10.2. The summed E-state index contributed by atoms with van der Waals surface area (Å²) in [7, 11) is 0. The number of pyridine rings is 1. The highest BCUT2D eigenvalue weighted by Gasteiger charge is 2.54. The average Bonchev–Trinajstić information content (AvgIpc) is 2.75. The number of halogens is 2. The van der Waals surface area contributed by atoms with Gasteiger partial charge in [-0.1, -0.05) is 23.2 Å². The third kappa shape index (κ3) is 2.02. The van der Waals surface area contributed by atoms with Crippen LogP contribution in [0.5, 0.6) is 0 Å². The Hall–Kier alpha value is -0.810. The fourth-order valence-corrected chi connectivity index (χ4v) is 4.04. The number of piperidine rings is 1. The molecule has 0 aromatic carbocycles. The zero-order valence-electron chi connectivity index (χ0n) is 10.8. The smallest absolute Gasteiger partial charge is 0.156 e. The molecule has 0 spiro atoms. The second-order valence-corrected chi connectivity index (χ2v) is 6.68. The highest BCUT2D eigenvalue weighted by Crippen LogP contribution is 2.51. The Balaban J connectivity index is 1.51. The maximum absolute atomic E-state index is 9.18. The number of hydrogen-bond donors (Lipinski definition) is 1. The molecule has 1 saturated heterocycles. The zero-order chi connectivity index (χ0) is 13.9. The predicted octanol–water partition coefficient (Wildman–Crippen LogP) is 2.31. The van der Waals surface area contributed by atoms with E-state index in [4.69, 9.17) is 23.2 Å². The Kier molecular flexibility index (Phi) is 2.96. The molecule has 0 amide bonds. The summed E-state index contributed by atoms with van der Waals surface area (Å²) >= 11 is 12.1. The Morgan fingerprint density at radius 2 is 2.00 bits per heavy atom. The first-order valence-corrected chi connectivity index (χ1v) is 7.57. The zero-order valence-corrected chi connectivity index (χ0v) is 12.3. The fraction of sp³-hybridized carbons (Fsp3) is 0.500. The van der Waals surface area contributed by atoms with E-state index in [9.17, 15) is 5.11 Å². The SMILES string of the molecule is OCC1[C@H]2CN(Cc3cn4cc(Cl)cc(Cl)c4n3)C[C@@H]12. The van der Waals surface area contributed by atoms with Crippen LogP contribution < -0.4 is 0 Å². The molecule has 3 atom stereocenters. The van der Waals surface area contributed by atoms with Crippen LogP contribution in [0.4, 0.5) is 0 Å². The van der Waals surface area contributed by atoms with E-state index in [-0.39, 0.29) is 0 Å². The standard InChI is InChI=1S/C14H15Cl2N3O/c15-8-1-13(16)14-17-9(4-19(14)2-8)3-18-5-10-11(6-18)12(10)7-20/h1-2,4,10-12,20H,3,5-7H2/t10-,11+,12?. The maximum Gasteiger partial charge on any atom is 0.156 e. The second-order valence-electron chi connectivity index (χ2n) is 5.84. The van der Waals surface area contributed by atoms with E-state index in [0.717, 1.165) is 31.0 Å². The summed E-state index contributed by atoms with van der Waals surface area (Å²) in [5.41, 5.74) is 1.76. The van der Waals surface area contributed by atoms with E-state index in [1.165, 1.54) is 0 Å². The van der Waals surface area contributed by atoms with Crippen LogP contribution in [0, 0.1) is 17.8 Å². The molecule has 1 unspecified atom stereocenters. The second kappa shape index (κ2) is 4.60. The molecule has 1 saturated carbocycles. The fourth-order valence-electron chi connectivity index (χ4n) is 3.52. The topological polar surface area (TPSA) is 40.8 Å². The number of likely N-dealkylation sites (tertiary alicyclic amines) is 1. The number of aliphatic hydroxyl groups excluding tert-OH is 1. The lowest BCUT2D eigenvalue weighted by Crippen LogP contribution is -2.24. The lowest BCUT2D eigenvalue weighted by molar-refractivity contribution is 0.216. The van der Waals surface area contributed by atoms with Crippen LogP contribution in [0.25, 0.3) is 5.65 Å². The molecule has 4 nitrogen and oxygen atoms in total. The number of aliphatic hydroxyl groups is 1. The summed E-state index contributed by atoms with van der Waals surface area (Å²) in [6, 6.07) is 1.71. The Morgan fingerprint density at radius 3 is 2.70 bits per heavy atom. The van der Waals surface area contributed by atoms with Crippen molar-refractivity contribution in [3.63, 3.8) is 0 Å². The van der Waals surface area contributed by atoms with E-state index < -0.39 is 0 Å². The van der Waals surface area contributed by atoms with Gasteiger partial charge in [-0.25, -0.2) is 4.98 Å². The molecule has 0 radical (unpaired) electrons. The quantitative estimate of drug-likeness (QED) is 0.945. The minimum absolute atomic E-state index is 0.339.